The van der Waals surface area contributed by atoms with E-state index in [1.807, 2.05) is 0 Å². The van der Waals surface area contributed by atoms with Crippen molar-refractivity contribution < 1.29 is 28.9 Å². The Labute approximate surface area is 148 Å². The molecule has 1 aromatic carbocycles. The molecule has 0 aromatic heterocycles. The Morgan fingerprint density at radius 2 is 1.65 bits per heavy atom. The zero-order valence-corrected chi connectivity index (χ0v) is 14.4. The summed E-state index contributed by atoms with van der Waals surface area (Å²) >= 11 is 0. The predicted octanol–water partition coefficient (Wildman–Crippen LogP) is 1.54. The average Bonchev–Trinajstić information content (AvgIpc) is 2.61. The van der Waals surface area contributed by atoms with E-state index < -0.39 is 33.1 Å². The van der Waals surface area contributed by atoms with Crippen LogP contribution < -0.4 is 0 Å². The van der Waals surface area contributed by atoms with E-state index in [0.29, 0.717) is 0 Å². The highest BCUT2D eigenvalue weighted by Gasteiger charge is 2.23. The maximum absolute atomic E-state index is 12.6. The number of benzene rings is 1. The lowest BCUT2D eigenvalue weighted by Gasteiger charge is -2.22. The number of ether oxygens (including phenoxy) is 2. The predicted molar refractivity (Wildman–Crippen MR) is 88.8 cm³/mol. The second kappa shape index (κ2) is 10.0. The summed E-state index contributed by atoms with van der Waals surface area (Å²) in [5.74, 6) is -1.19. The summed E-state index contributed by atoms with van der Waals surface area (Å²) in [5, 5.41) is 21.9. The minimum Gasteiger partial charge on any atom is -0.466 e. The van der Waals surface area contributed by atoms with Gasteiger partial charge in [0.25, 0.3) is 17.3 Å². The minimum absolute atomic E-state index is 0.0164. The van der Waals surface area contributed by atoms with Gasteiger partial charge in [0.05, 0.1) is 41.1 Å². The topological polar surface area (TPSA) is 142 Å². The zero-order valence-electron chi connectivity index (χ0n) is 14.4. The first-order chi connectivity index (χ1) is 12.3. The summed E-state index contributed by atoms with van der Waals surface area (Å²) in [4.78, 5) is 45.6. The lowest BCUT2D eigenvalue weighted by atomic mass is 10.1. The maximum Gasteiger partial charge on any atom is 0.307 e. The van der Waals surface area contributed by atoms with E-state index in [0.717, 1.165) is 18.2 Å². The van der Waals surface area contributed by atoms with E-state index in [9.17, 15) is 29.8 Å². The smallest absolute Gasteiger partial charge is 0.307 e. The Kier molecular flexibility index (Phi) is 8.09. The Hall–Kier alpha value is -3.08. The van der Waals surface area contributed by atoms with Crippen molar-refractivity contribution in [2.24, 2.45) is 0 Å². The lowest BCUT2D eigenvalue weighted by molar-refractivity contribution is -0.394. The Balaban J connectivity index is 3.10. The average molecular weight is 369 g/mol. The highest BCUT2D eigenvalue weighted by atomic mass is 16.6. The molecule has 11 heteroatoms. The summed E-state index contributed by atoms with van der Waals surface area (Å²) in [7, 11) is 1.42. The first-order valence-corrected chi connectivity index (χ1v) is 7.67. The van der Waals surface area contributed by atoms with Crippen LogP contribution in [0.15, 0.2) is 18.2 Å². The van der Waals surface area contributed by atoms with E-state index in [2.05, 4.69) is 0 Å². The Morgan fingerprint density at radius 1 is 1.08 bits per heavy atom. The highest BCUT2D eigenvalue weighted by molar-refractivity contribution is 5.95. The van der Waals surface area contributed by atoms with Gasteiger partial charge in [-0.25, -0.2) is 0 Å². The van der Waals surface area contributed by atoms with Gasteiger partial charge in [-0.15, -0.1) is 0 Å². The van der Waals surface area contributed by atoms with Crippen molar-refractivity contribution in [2.45, 2.75) is 13.3 Å². The van der Waals surface area contributed by atoms with E-state index in [-0.39, 0.29) is 38.3 Å². The van der Waals surface area contributed by atoms with Gasteiger partial charge in [0.2, 0.25) is 0 Å². The SMILES string of the molecule is CCOC(=O)CCN(CCOC)C(=O)c1cc([N+](=O)[O-])cc([N+](=O)[O-])c1. The summed E-state index contributed by atoms with van der Waals surface area (Å²) in [6, 6.07) is 2.69. The summed E-state index contributed by atoms with van der Waals surface area (Å²) in [6.45, 7) is 2.09. The first kappa shape index (κ1) is 21.0. The number of methoxy groups -OCH3 is 1. The number of nitrogens with zero attached hydrogens (tertiary/aromatic N) is 3. The quantitative estimate of drug-likeness (QED) is 0.343. The molecule has 1 rings (SSSR count). The summed E-state index contributed by atoms with van der Waals surface area (Å²) < 4.78 is 9.71. The van der Waals surface area contributed by atoms with E-state index in [4.69, 9.17) is 9.47 Å². The molecule has 0 spiro atoms. The van der Waals surface area contributed by atoms with Crippen LogP contribution in [0.2, 0.25) is 0 Å². The molecule has 0 unspecified atom stereocenters. The molecule has 0 heterocycles. The summed E-state index contributed by atoms with van der Waals surface area (Å²) in [5.41, 5.74) is -1.36. The van der Waals surface area contributed by atoms with Gasteiger partial charge < -0.3 is 14.4 Å². The largest absolute Gasteiger partial charge is 0.466 e. The standard InChI is InChI=1S/C15H19N3O8/c1-3-26-14(19)4-5-16(6-7-25-2)15(20)11-8-12(17(21)22)10-13(9-11)18(23)24/h8-10H,3-7H2,1-2H3. The third-order valence-corrected chi connectivity index (χ3v) is 3.31. The molecule has 11 nitrogen and oxygen atoms in total. The number of hydrogen-bond donors (Lipinski definition) is 0. The Morgan fingerprint density at radius 3 is 2.12 bits per heavy atom. The fourth-order valence-corrected chi connectivity index (χ4v) is 2.09. The minimum atomic E-state index is -0.818. The van der Waals surface area contributed by atoms with Crippen molar-refractivity contribution >= 4 is 23.3 Å². The molecule has 0 atom stereocenters. The lowest BCUT2D eigenvalue weighted by Crippen LogP contribution is -2.36. The van der Waals surface area contributed by atoms with Crippen LogP contribution in [-0.4, -0.2) is 60.0 Å². The fourth-order valence-electron chi connectivity index (χ4n) is 2.09. The van der Waals surface area contributed by atoms with Crippen LogP contribution in [0.4, 0.5) is 11.4 Å². The second-order valence-electron chi connectivity index (χ2n) is 5.09. The number of hydrogen-bond acceptors (Lipinski definition) is 8. The number of nitro benzene ring substituents is 2. The van der Waals surface area contributed by atoms with Crippen LogP contribution in [0, 0.1) is 20.2 Å². The van der Waals surface area contributed by atoms with Gasteiger partial charge in [-0.05, 0) is 6.92 Å². The van der Waals surface area contributed by atoms with Gasteiger partial charge in [-0.2, -0.15) is 0 Å². The molecule has 0 aliphatic rings. The third kappa shape index (κ3) is 6.09. The number of amides is 1. The van der Waals surface area contributed by atoms with Crippen LogP contribution >= 0.6 is 0 Å². The molecular formula is C15H19N3O8. The molecule has 0 saturated carbocycles. The number of non-ortho nitro benzene ring substituents is 2. The zero-order chi connectivity index (χ0) is 19.7. The van der Waals surface area contributed by atoms with Crippen molar-refractivity contribution in [3.05, 3.63) is 44.0 Å². The normalized spacial score (nSPS) is 10.2. The molecule has 142 valence electrons. The van der Waals surface area contributed by atoms with E-state index in [1.54, 1.807) is 6.92 Å². The molecule has 0 bridgehead atoms. The van der Waals surface area contributed by atoms with Crippen molar-refractivity contribution in [3.63, 3.8) is 0 Å². The fraction of sp³-hybridized carbons (Fsp3) is 0.467. The first-order valence-electron chi connectivity index (χ1n) is 7.67. The van der Waals surface area contributed by atoms with Crippen molar-refractivity contribution in [2.75, 3.05) is 33.4 Å². The van der Waals surface area contributed by atoms with Crippen LogP contribution in [0.25, 0.3) is 0 Å². The van der Waals surface area contributed by atoms with Crippen molar-refractivity contribution in [3.8, 4) is 0 Å². The molecular weight excluding hydrogens is 350 g/mol. The Bertz CT molecular complexity index is 659. The van der Waals surface area contributed by atoms with Crippen LogP contribution in [0.3, 0.4) is 0 Å². The van der Waals surface area contributed by atoms with Gasteiger partial charge in [0.1, 0.15) is 0 Å². The molecule has 0 N–H and O–H groups in total. The molecule has 26 heavy (non-hydrogen) atoms. The van der Waals surface area contributed by atoms with Crippen molar-refractivity contribution in [1.82, 2.24) is 4.90 Å². The molecule has 1 aromatic rings. The molecule has 0 fully saturated rings. The molecule has 1 amide bonds. The third-order valence-electron chi connectivity index (χ3n) is 3.31. The van der Waals surface area contributed by atoms with Gasteiger partial charge >= 0.3 is 5.97 Å². The molecule has 0 aliphatic carbocycles. The second-order valence-corrected chi connectivity index (χ2v) is 5.09. The van der Waals surface area contributed by atoms with Gasteiger partial charge in [-0.3, -0.25) is 29.8 Å². The van der Waals surface area contributed by atoms with E-state index in [1.165, 1.54) is 12.0 Å². The summed E-state index contributed by atoms with van der Waals surface area (Å²) in [6.07, 6.45) is -0.0830. The monoisotopic (exact) mass is 369 g/mol. The van der Waals surface area contributed by atoms with Crippen LogP contribution in [0.5, 0.6) is 0 Å². The number of nitro groups is 2. The van der Waals surface area contributed by atoms with Crippen LogP contribution in [0.1, 0.15) is 23.7 Å². The molecule has 0 radical (unpaired) electrons. The number of esters is 1. The molecule has 0 aliphatic heterocycles. The van der Waals surface area contributed by atoms with Gasteiger partial charge in [0.15, 0.2) is 0 Å². The number of carbonyl (C=O) groups is 2. The highest BCUT2D eigenvalue weighted by Crippen LogP contribution is 2.23. The van der Waals surface area contributed by atoms with Crippen LogP contribution in [-0.2, 0) is 14.3 Å². The number of carbonyl (C=O) groups excluding carboxylic acids is 2. The van der Waals surface area contributed by atoms with Crippen molar-refractivity contribution in [1.29, 1.82) is 0 Å². The molecule has 0 saturated heterocycles. The van der Waals surface area contributed by atoms with Gasteiger partial charge in [-0.1, -0.05) is 0 Å². The van der Waals surface area contributed by atoms with E-state index >= 15 is 0 Å². The number of rotatable bonds is 10. The maximum atomic E-state index is 12.6. The van der Waals surface area contributed by atoms with Gasteiger partial charge in [0, 0.05) is 32.3 Å².